The second-order valence-electron chi connectivity index (χ2n) is 2.19. The van der Waals surface area contributed by atoms with Crippen molar-refractivity contribution >= 4 is 11.8 Å². The van der Waals surface area contributed by atoms with Gasteiger partial charge in [-0.1, -0.05) is 24.8 Å². The largest absolute Gasteiger partial charge is 0.446 e. The second kappa shape index (κ2) is 4.40. The number of thioether (sulfide) groups is 1. The molecule has 4 heteroatoms. The lowest BCUT2D eigenvalue weighted by Gasteiger charge is -2.03. The molecule has 0 spiro atoms. The summed E-state index contributed by atoms with van der Waals surface area (Å²) in [5.41, 5.74) is -3.56. The van der Waals surface area contributed by atoms with E-state index in [2.05, 4.69) is 13.2 Å². The van der Waals surface area contributed by atoms with Gasteiger partial charge in [0.05, 0.1) is 0 Å². The smallest absolute Gasteiger partial charge is 0.160 e. The van der Waals surface area contributed by atoms with E-state index in [0.717, 1.165) is 0 Å². The molecule has 0 aliphatic heterocycles. The summed E-state index contributed by atoms with van der Waals surface area (Å²) in [6, 6.07) is 0. The van der Waals surface area contributed by atoms with Gasteiger partial charge in [-0.25, -0.2) is 0 Å². The van der Waals surface area contributed by atoms with Gasteiger partial charge in [-0.05, 0) is 24.8 Å². The standard InChI is InChI=1S/C8H9F3S/c1-6(2)4-5-7(3)12-8(9,10)11/h4-5H,1,3H2,2H3/b5-4-. The molecule has 0 saturated carbocycles. The van der Waals surface area contributed by atoms with E-state index in [-0.39, 0.29) is 16.7 Å². The van der Waals surface area contributed by atoms with Crippen molar-refractivity contribution in [2.45, 2.75) is 12.4 Å². The Bertz CT molecular complexity index is 213. The first-order chi connectivity index (χ1) is 5.31. The van der Waals surface area contributed by atoms with Crippen LogP contribution in [0.1, 0.15) is 6.92 Å². The third-order valence-corrected chi connectivity index (χ3v) is 1.43. The van der Waals surface area contributed by atoms with Crippen LogP contribution in [0.15, 0.2) is 35.8 Å². The quantitative estimate of drug-likeness (QED) is 0.614. The van der Waals surface area contributed by atoms with Crippen molar-refractivity contribution in [1.29, 1.82) is 0 Å². The fourth-order valence-electron chi connectivity index (χ4n) is 0.418. The van der Waals surface area contributed by atoms with Gasteiger partial charge in [0, 0.05) is 4.91 Å². The molecule has 0 atom stereocenters. The average Bonchev–Trinajstić information content (AvgIpc) is 1.79. The van der Waals surface area contributed by atoms with Crippen LogP contribution in [-0.2, 0) is 0 Å². The monoisotopic (exact) mass is 194 g/mol. The van der Waals surface area contributed by atoms with Crippen LogP contribution >= 0.6 is 11.8 Å². The van der Waals surface area contributed by atoms with Crippen LogP contribution in [0.5, 0.6) is 0 Å². The molecular weight excluding hydrogens is 185 g/mol. The van der Waals surface area contributed by atoms with Gasteiger partial charge in [-0.15, -0.1) is 0 Å². The molecule has 12 heavy (non-hydrogen) atoms. The van der Waals surface area contributed by atoms with E-state index in [9.17, 15) is 13.2 Å². The van der Waals surface area contributed by atoms with E-state index >= 15 is 0 Å². The van der Waals surface area contributed by atoms with Crippen LogP contribution in [0.2, 0.25) is 0 Å². The first kappa shape index (κ1) is 11.4. The molecule has 0 heterocycles. The zero-order valence-corrected chi connectivity index (χ0v) is 7.43. The SMILES string of the molecule is C=C(C)/C=C\C(=C)SC(F)(F)F. The maximum Gasteiger partial charge on any atom is 0.446 e. The number of hydrogen-bond acceptors (Lipinski definition) is 1. The summed E-state index contributed by atoms with van der Waals surface area (Å²) in [6.45, 7) is 8.43. The Kier molecular flexibility index (Phi) is 4.17. The Balaban J connectivity index is 3.99. The highest BCUT2D eigenvalue weighted by atomic mass is 32.2. The van der Waals surface area contributed by atoms with Crippen molar-refractivity contribution in [3.63, 3.8) is 0 Å². The lowest BCUT2D eigenvalue weighted by molar-refractivity contribution is -0.0321. The van der Waals surface area contributed by atoms with Gasteiger partial charge < -0.3 is 0 Å². The lowest BCUT2D eigenvalue weighted by atomic mass is 10.3. The van der Waals surface area contributed by atoms with Gasteiger partial charge >= 0.3 is 5.51 Å². The molecule has 0 radical (unpaired) electrons. The summed E-state index contributed by atoms with van der Waals surface area (Å²) in [6.07, 6.45) is 2.78. The zero-order chi connectivity index (χ0) is 9.78. The molecule has 0 aliphatic carbocycles. The van der Waals surface area contributed by atoms with E-state index in [1.165, 1.54) is 12.2 Å². The molecule has 68 valence electrons. The molecule has 0 nitrogen and oxygen atoms in total. The molecule has 0 aromatic heterocycles. The van der Waals surface area contributed by atoms with Crippen molar-refractivity contribution < 1.29 is 13.2 Å². The van der Waals surface area contributed by atoms with E-state index in [4.69, 9.17) is 0 Å². The lowest BCUT2D eigenvalue weighted by Crippen LogP contribution is -1.98. The Labute approximate surface area is 73.8 Å². The summed E-state index contributed by atoms with van der Waals surface area (Å²) < 4.78 is 35.0. The summed E-state index contributed by atoms with van der Waals surface area (Å²) in [7, 11) is 0. The summed E-state index contributed by atoms with van der Waals surface area (Å²) in [5, 5.41) is 0. The minimum absolute atomic E-state index is 0.0366. The van der Waals surface area contributed by atoms with Crippen LogP contribution in [0, 0.1) is 0 Å². The molecule has 0 unspecified atom stereocenters. The Hall–Kier alpha value is -0.640. The van der Waals surface area contributed by atoms with Crippen LogP contribution < -0.4 is 0 Å². The van der Waals surface area contributed by atoms with Gasteiger partial charge in [-0.3, -0.25) is 0 Å². The molecule has 0 N–H and O–H groups in total. The fourth-order valence-corrected chi connectivity index (χ4v) is 0.851. The first-order valence-electron chi connectivity index (χ1n) is 3.09. The fraction of sp³-hybridized carbons (Fsp3) is 0.250. The predicted octanol–water partition coefficient (Wildman–Crippen LogP) is 3.89. The first-order valence-corrected chi connectivity index (χ1v) is 3.91. The number of hydrogen-bond donors (Lipinski definition) is 0. The molecule has 0 aromatic rings. The molecule has 0 rings (SSSR count). The van der Waals surface area contributed by atoms with E-state index in [1.54, 1.807) is 6.92 Å². The van der Waals surface area contributed by atoms with Crippen molar-refractivity contribution in [3.05, 3.63) is 35.8 Å². The second-order valence-corrected chi connectivity index (χ2v) is 3.39. The summed E-state index contributed by atoms with van der Waals surface area (Å²) >= 11 is -0.224. The number of alkyl halides is 3. The van der Waals surface area contributed by atoms with Gasteiger partial charge in [-0.2, -0.15) is 13.2 Å². The maximum atomic E-state index is 11.7. The minimum Gasteiger partial charge on any atom is -0.160 e. The average molecular weight is 194 g/mol. The Morgan fingerprint density at radius 3 is 2.08 bits per heavy atom. The third-order valence-electron chi connectivity index (χ3n) is 0.801. The summed E-state index contributed by atoms with van der Waals surface area (Å²) in [5.74, 6) is 0. The van der Waals surface area contributed by atoms with Gasteiger partial charge in [0.2, 0.25) is 0 Å². The van der Waals surface area contributed by atoms with Crippen LogP contribution in [0.3, 0.4) is 0 Å². The molecule has 0 aromatic carbocycles. The van der Waals surface area contributed by atoms with Crippen molar-refractivity contribution in [2.24, 2.45) is 0 Å². The van der Waals surface area contributed by atoms with Crippen LogP contribution in [0.4, 0.5) is 13.2 Å². The normalized spacial score (nSPS) is 12.0. The molecule has 0 amide bonds. The van der Waals surface area contributed by atoms with E-state index < -0.39 is 5.51 Å². The zero-order valence-electron chi connectivity index (χ0n) is 6.61. The molecule has 0 saturated heterocycles. The molecule has 0 aliphatic rings. The van der Waals surface area contributed by atoms with Crippen molar-refractivity contribution in [2.75, 3.05) is 0 Å². The van der Waals surface area contributed by atoms with Gasteiger partial charge in [0.1, 0.15) is 0 Å². The van der Waals surface area contributed by atoms with Crippen molar-refractivity contribution in [3.8, 4) is 0 Å². The van der Waals surface area contributed by atoms with E-state index in [1.807, 2.05) is 0 Å². The maximum absolute atomic E-state index is 11.7. The van der Waals surface area contributed by atoms with Crippen LogP contribution in [-0.4, -0.2) is 5.51 Å². The van der Waals surface area contributed by atoms with Gasteiger partial charge in [0.25, 0.3) is 0 Å². The van der Waals surface area contributed by atoms with Crippen molar-refractivity contribution in [1.82, 2.24) is 0 Å². The Morgan fingerprint density at radius 1 is 1.25 bits per heavy atom. The number of allylic oxidation sites excluding steroid dienone is 3. The number of halogens is 3. The topological polar surface area (TPSA) is 0 Å². The summed E-state index contributed by atoms with van der Waals surface area (Å²) in [4.78, 5) is -0.0366. The minimum atomic E-state index is -4.25. The highest BCUT2D eigenvalue weighted by molar-refractivity contribution is 8.04. The molecule has 0 bridgehead atoms. The Morgan fingerprint density at radius 2 is 1.75 bits per heavy atom. The highest BCUT2D eigenvalue weighted by Crippen LogP contribution is 2.35. The predicted molar refractivity (Wildman–Crippen MR) is 46.7 cm³/mol. The van der Waals surface area contributed by atoms with Crippen LogP contribution in [0.25, 0.3) is 0 Å². The van der Waals surface area contributed by atoms with E-state index in [0.29, 0.717) is 5.57 Å². The van der Waals surface area contributed by atoms with Gasteiger partial charge in [0.15, 0.2) is 0 Å². The number of rotatable bonds is 3. The molecular formula is C8H9F3S. The highest BCUT2D eigenvalue weighted by Gasteiger charge is 2.28. The third kappa shape index (κ3) is 7.47. The molecule has 0 fully saturated rings.